The molecule has 6 nitrogen and oxygen atoms in total. The lowest BCUT2D eigenvalue weighted by molar-refractivity contribution is -0.115. The summed E-state index contributed by atoms with van der Waals surface area (Å²) in [6, 6.07) is 3.54. The molecule has 2 rings (SSSR count). The van der Waals surface area contributed by atoms with E-state index in [0.29, 0.717) is 30.3 Å². The minimum absolute atomic E-state index is 0.0297. The Morgan fingerprint density at radius 2 is 2.08 bits per heavy atom. The fourth-order valence-corrected chi connectivity index (χ4v) is 3.31. The molecule has 0 aromatic heterocycles. The van der Waals surface area contributed by atoms with Gasteiger partial charge in [-0.25, -0.2) is 4.79 Å². The molecule has 1 aromatic carbocycles. The number of benzene rings is 1. The number of fused-ring (bicyclic) bond motifs is 1. The van der Waals surface area contributed by atoms with Crippen molar-refractivity contribution in [3.05, 3.63) is 22.7 Å². The van der Waals surface area contributed by atoms with Gasteiger partial charge in [-0.3, -0.25) is 4.79 Å². The Hall–Kier alpha value is -1.60. The minimum Gasteiger partial charge on any atom is -0.491 e. The van der Waals surface area contributed by atoms with Crippen LogP contribution in [0.2, 0.25) is 5.02 Å². The van der Waals surface area contributed by atoms with E-state index in [2.05, 4.69) is 5.32 Å². The maximum atomic E-state index is 11.8. The lowest BCUT2D eigenvalue weighted by Gasteiger charge is -2.24. The van der Waals surface area contributed by atoms with Gasteiger partial charge in [0.25, 0.3) is 0 Å². The molecule has 0 atom stereocenters. The highest BCUT2D eigenvalue weighted by Gasteiger charge is 2.20. The molecule has 0 unspecified atom stereocenters. The molecule has 26 heavy (non-hydrogen) atoms. The van der Waals surface area contributed by atoms with E-state index >= 15 is 0 Å². The maximum absolute atomic E-state index is 11.8. The predicted molar refractivity (Wildman–Crippen MR) is 105 cm³/mol. The van der Waals surface area contributed by atoms with E-state index in [1.54, 1.807) is 29.8 Å². The Kier molecular flexibility index (Phi) is 7.06. The normalized spacial score (nSPS) is 13.2. The third-order valence-electron chi connectivity index (χ3n) is 3.54. The summed E-state index contributed by atoms with van der Waals surface area (Å²) in [7, 11) is 1.73. The van der Waals surface area contributed by atoms with Gasteiger partial charge >= 0.3 is 6.09 Å². The van der Waals surface area contributed by atoms with Crippen molar-refractivity contribution in [2.45, 2.75) is 32.8 Å². The van der Waals surface area contributed by atoms with Crippen LogP contribution in [0.1, 0.15) is 26.3 Å². The van der Waals surface area contributed by atoms with Crippen LogP contribution in [-0.4, -0.2) is 54.2 Å². The second-order valence-corrected chi connectivity index (χ2v) is 8.66. The van der Waals surface area contributed by atoms with Crippen molar-refractivity contribution in [3.8, 4) is 5.75 Å². The van der Waals surface area contributed by atoms with Crippen molar-refractivity contribution in [1.82, 2.24) is 4.90 Å². The number of halogens is 1. The third kappa shape index (κ3) is 6.29. The molecule has 0 bridgehead atoms. The maximum Gasteiger partial charge on any atom is 0.410 e. The monoisotopic (exact) mass is 400 g/mol. The number of thioether (sulfide) groups is 1. The summed E-state index contributed by atoms with van der Waals surface area (Å²) in [5.41, 5.74) is 1.18. The molecule has 0 saturated carbocycles. The molecule has 0 aliphatic carbocycles. The first-order valence-electron chi connectivity index (χ1n) is 8.42. The number of hydrogen-bond acceptors (Lipinski definition) is 5. The minimum atomic E-state index is -0.485. The van der Waals surface area contributed by atoms with Crippen LogP contribution in [0.25, 0.3) is 0 Å². The summed E-state index contributed by atoms with van der Waals surface area (Å²) >= 11 is 7.87. The Morgan fingerprint density at radius 1 is 1.35 bits per heavy atom. The summed E-state index contributed by atoms with van der Waals surface area (Å²) in [6.07, 6.45) is 0.0386. The third-order valence-corrected chi connectivity index (χ3v) is 4.77. The number of nitrogens with zero attached hydrogens (tertiary/aromatic N) is 1. The van der Waals surface area contributed by atoms with E-state index in [4.69, 9.17) is 21.1 Å². The molecular weight excluding hydrogens is 376 g/mol. The Bertz CT molecular complexity index is 676. The molecule has 0 spiro atoms. The Morgan fingerprint density at radius 3 is 2.77 bits per heavy atom. The molecule has 0 saturated heterocycles. The number of carbonyl (C=O) groups is 2. The van der Waals surface area contributed by atoms with Crippen molar-refractivity contribution in [1.29, 1.82) is 0 Å². The fourth-order valence-electron chi connectivity index (χ4n) is 2.28. The zero-order valence-electron chi connectivity index (χ0n) is 15.6. The van der Waals surface area contributed by atoms with Crippen LogP contribution in [0, 0.1) is 0 Å². The van der Waals surface area contributed by atoms with E-state index < -0.39 is 5.60 Å². The molecule has 1 heterocycles. The highest BCUT2D eigenvalue weighted by Crippen LogP contribution is 2.34. The van der Waals surface area contributed by atoms with Crippen molar-refractivity contribution >= 4 is 41.1 Å². The van der Waals surface area contributed by atoms with E-state index in [9.17, 15) is 9.59 Å². The van der Waals surface area contributed by atoms with Gasteiger partial charge < -0.3 is 19.7 Å². The number of nitrogens with one attached hydrogen (secondary N) is 1. The summed E-state index contributed by atoms with van der Waals surface area (Å²) in [5.74, 6) is 2.12. The molecular formula is C18H25ClN2O4S. The van der Waals surface area contributed by atoms with Crippen LogP contribution < -0.4 is 10.1 Å². The zero-order chi connectivity index (χ0) is 19.3. The smallest absolute Gasteiger partial charge is 0.410 e. The van der Waals surface area contributed by atoms with Crippen LogP contribution in [0.5, 0.6) is 5.75 Å². The molecule has 1 aliphatic rings. The summed E-state index contributed by atoms with van der Waals surface area (Å²) in [4.78, 5) is 24.8. The number of rotatable bonds is 7. The van der Waals surface area contributed by atoms with Crippen LogP contribution in [-0.2, 0) is 16.0 Å². The van der Waals surface area contributed by atoms with Gasteiger partial charge in [-0.15, -0.1) is 0 Å². The van der Waals surface area contributed by atoms with Crippen LogP contribution >= 0.6 is 23.4 Å². The number of hydrogen-bond donors (Lipinski definition) is 1. The molecule has 144 valence electrons. The van der Waals surface area contributed by atoms with E-state index in [1.165, 1.54) is 0 Å². The summed E-state index contributed by atoms with van der Waals surface area (Å²) < 4.78 is 11.0. The predicted octanol–water partition coefficient (Wildman–Crippen LogP) is 3.81. The number of anilines is 1. The quantitative estimate of drug-likeness (QED) is 0.705. The molecule has 0 fully saturated rings. The topological polar surface area (TPSA) is 67.9 Å². The first-order chi connectivity index (χ1) is 12.2. The highest BCUT2D eigenvalue weighted by atomic mass is 35.5. The zero-order valence-corrected chi connectivity index (χ0v) is 17.1. The number of ether oxygens (including phenoxy) is 2. The van der Waals surface area contributed by atoms with Crippen molar-refractivity contribution < 1.29 is 19.1 Å². The molecule has 0 radical (unpaired) electrons. The van der Waals surface area contributed by atoms with Gasteiger partial charge in [0.05, 0.1) is 18.1 Å². The summed E-state index contributed by atoms with van der Waals surface area (Å²) in [5, 5.41) is 3.24. The van der Waals surface area contributed by atoms with Gasteiger partial charge in [0.2, 0.25) is 5.91 Å². The molecule has 8 heteroatoms. The second-order valence-electron chi connectivity index (χ2n) is 7.03. The first-order valence-corrected chi connectivity index (χ1v) is 9.96. The number of carbonyl (C=O) groups excluding carboxylic acids is 2. The SMILES string of the molecule is CN(CCSCCOc1cc2c(cc1Cl)NC(=O)C2)C(=O)OC(C)(C)C. The van der Waals surface area contributed by atoms with Gasteiger partial charge in [-0.05, 0) is 38.5 Å². The van der Waals surface area contributed by atoms with Gasteiger partial charge in [0.15, 0.2) is 0 Å². The van der Waals surface area contributed by atoms with Crippen molar-refractivity contribution in [2.75, 3.05) is 37.0 Å². The van der Waals surface area contributed by atoms with Gasteiger partial charge in [0.1, 0.15) is 11.4 Å². The summed E-state index contributed by atoms with van der Waals surface area (Å²) in [6.45, 7) is 6.65. The Balaban J connectivity index is 1.66. The lowest BCUT2D eigenvalue weighted by Crippen LogP contribution is -2.35. The van der Waals surface area contributed by atoms with Gasteiger partial charge in [-0.1, -0.05) is 11.6 Å². The van der Waals surface area contributed by atoms with Crippen molar-refractivity contribution in [3.63, 3.8) is 0 Å². The first kappa shape index (κ1) is 20.7. The second kappa shape index (κ2) is 8.86. The fraction of sp³-hybridized carbons (Fsp3) is 0.556. The van der Waals surface area contributed by atoms with Crippen molar-refractivity contribution in [2.24, 2.45) is 0 Å². The van der Waals surface area contributed by atoms with Gasteiger partial charge in [-0.2, -0.15) is 11.8 Å². The molecule has 1 aromatic rings. The largest absolute Gasteiger partial charge is 0.491 e. The van der Waals surface area contributed by atoms with Crippen LogP contribution in [0.15, 0.2) is 12.1 Å². The van der Waals surface area contributed by atoms with E-state index in [1.807, 2.05) is 26.8 Å². The average Bonchev–Trinajstić information content (AvgIpc) is 2.87. The molecule has 1 N–H and O–H groups in total. The Labute approximate surface area is 163 Å². The van der Waals surface area contributed by atoms with Crippen LogP contribution in [0.4, 0.5) is 10.5 Å². The van der Waals surface area contributed by atoms with Crippen LogP contribution in [0.3, 0.4) is 0 Å². The molecule has 2 amide bonds. The molecule has 1 aliphatic heterocycles. The number of amides is 2. The highest BCUT2D eigenvalue weighted by molar-refractivity contribution is 7.99. The standard InChI is InChI=1S/C18H25ClN2O4S/c1-18(2,3)25-17(23)21(4)5-7-26-8-6-24-15-9-12-10-16(22)20-14(12)11-13(15)19/h9,11H,5-8,10H2,1-4H3,(H,20,22). The van der Waals surface area contributed by atoms with Gasteiger partial charge in [0, 0.05) is 30.8 Å². The lowest BCUT2D eigenvalue weighted by atomic mass is 10.1. The van der Waals surface area contributed by atoms with E-state index in [0.717, 1.165) is 22.8 Å². The average molecular weight is 401 g/mol. The van der Waals surface area contributed by atoms with E-state index in [-0.39, 0.29) is 12.0 Å².